The van der Waals surface area contributed by atoms with Gasteiger partial charge < -0.3 is 9.42 Å². The van der Waals surface area contributed by atoms with Crippen molar-refractivity contribution in [3.63, 3.8) is 0 Å². The summed E-state index contributed by atoms with van der Waals surface area (Å²) in [6.45, 7) is 0. The van der Waals surface area contributed by atoms with Gasteiger partial charge in [-0.1, -0.05) is 0 Å². The molecule has 0 aromatic carbocycles. The van der Waals surface area contributed by atoms with Crippen molar-refractivity contribution in [3.8, 4) is 0 Å². The molecule has 0 bridgehead atoms. The van der Waals surface area contributed by atoms with Crippen LogP contribution in [0.3, 0.4) is 0 Å². The number of aromatic amines is 1. The number of carbonyl (C=O) groups is 1. The summed E-state index contributed by atoms with van der Waals surface area (Å²) in [5.74, 6) is 0.261. The lowest BCUT2D eigenvalue weighted by Crippen LogP contribution is -2.23. The fourth-order valence-corrected chi connectivity index (χ4v) is 0.715. The predicted molar refractivity (Wildman–Crippen MR) is 41.7 cm³/mol. The quantitative estimate of drug-likeness (QED) is 0.656. The van der Waals surface area contributed by atoms with Crippen LogP contribution < -0.4 is 5.56 Å². The summed E-state index contributed by atoms with van der Waals surface area (Å²) in [5, 5.41) is 2.11. The molecule has 1 heterocycles. The van der Waals surface area contributed by atoms with E-state index >= 15 is 0 Å². The Morgan fingerprint density at radius 3 is 2.75 bits per heavy atom. The molecule has 1 N–H and O–H groups in total. The Labute approximate surface area is 68.9 Å². The second-order valence-electron chi connectivity index (χ2n) is 2.64. The van der Waals surface area contributed by atoms with E-state index in [0.29, 0.717) is 5.76 Å². The molecule has 0 spiro atoms. The highest BCUT2D eigenvalue weighted by Gasteiger charge is 2.08. The number of amides is 1. The summed E-state index contributed by atoms with van der Waals surface area (Å²) >= 11 is 0. The summed E-state index contributed by atoms with van der Waals surface area (Å²) in [5.41, 5.74) is -0.323. The minimum atomic E-state index is -0.323. The van der Waals surface area contributed by atoms with Crippen LogP contribution in [0.4, 0.5) is 0 Å². The summed E-state index contributed by atoms with van der Waals surface area (Å²) < 4.78 is 4.70. The first-order valence-corrected chi connectivity index (χ1v) is 3.47. The normalized spacial score (nSPS) is 9.83. The van der Waals surface area contributed by atoms with E-state index in [1.807, 2.05) is 0 Å². The van der Waals surface area contributed by atoms with E-state index in [2.05, 4.69) is 5.16 Å². The molecular weight excluding hydrogens is 160 g/mol. The molecule has 1 aromatic heterocycles. The van der Waals surface area contributed by atoms with E-state index in [4.69, 9.17) is 4.52 Å². The minimum absolute atomic E-state index is 0.0993. The molecular formula is C7H10N2O3. The number of hydrogen-bond donors (Lipinski definition) is 1. The van der Waals surface area contributed by atoms with Gasteiger partial charge in [-0.05, 0) is 0 Å². The molecule has 0 saturated carbocycles. The van der Waals surface area contributed by atoms with Crippen molar-refractivity contribution in [1.82, 2.24) is 10.1 Å². The Morgan fingerprint density at radius 1 is 1.67 bits per heavy atom. The Morgan fingerprint density at radius 2 is 2.33 bits per heavy atom. The van der Waals surface area contributed by atoms with Gasteiger partial charge in [-0.25, -0.2) is 0 Å². The number of carbonyl (C=O) groups excluding carboxylic acids is 1. The van der Waals surface area contributed by atoms with Crippen molar-refractivity contribution >= 4 is 5.91 Å². The second kappa shape index (κ2) is 3.25. The topological polar surface area (TPSA) is 66.3 Å². The number of nitrogens with zero attached hydrogens (tertiary/aromatic N) is 1. The molecule has 0 radical (unpaired) electrons. The van der Waals surface area contributed by atoms with Crippen LogP contribution in [0, 0.1) is 0 Å². The van der Waals surface area contributed by atoms with Crippen LogP contribution in [0.5, 0.6) is 0 Å². The van der Waals surface area contributed by atoms with Gasteiger partial charge >= 0.3 is 0 Å². The first-order valence-electron chi connectivity index (χ1n) is 3.47. The highest BCUT2D eigenvalue weighted by atomic mass is 16.5. The Hall–Kier alpha value is -1.52. The third-order valence-corrected chi connectivity index (χ3v) is 1.40. The van der Waals surface area contributed by atoms with Crippen LogP contribution in [0.25, 0.3) is 0 Å². The molecule has 0 atom stereocenters. The molecule has 66 valence electrons. The lowest BCUT2D eigenvalue weighted by Gasteiger charge is -2.07. The van der Waals surface area contributed by atoms with Crippen LogP contribution in [0.1, 0.15) is 5.76 Å². The van der Waals surface area contributed by atoms with Gasteiger partial charge in [0, 0.05) is 20.2 Å². The third kappa shape index (κ3) is 1.98. The van der Waals surface area contributed by atoms with Crippen molar-refractivity contribution < 1.29 is 9.32 Å². The molecule has 0 aliphatic rings. The molecule has 1 aromatic rings. The van der Waals surface area contributed by atoms with Gasteiger partial charge in [-0.15, -0.1) is 0 Å². The first-order chi connectivity index (χ1) is 5.59. The Kier molecular flexibility index (Phi) is 2.32. The van der Waals surface area contributed by atoms with Crippen LogP contribution >= 0.6 is 0 Å². The number of aromatic nitrogens is 1. The minimum Gasteiger partial charge on any atom is -0.383 e. The number of H-pyrrole nitrogens is 1. The number of nitrogens with one attached hydrogen (secondary N) is 1. The molecule has 0 fully saturated rings. The molecule has 12 heavy (non-hydrogen) atoms. The van der Waals surface area contributed by atoms with Crippen molar-refractivity contribution in [3.05, 3.63) is 22.2 Å². The SMILES string of the molecule is CN(C)C(=O)Cc1cc(=O)[nH]o1. The molecule has 5 heteroatoms. The van der Waals surface area contributed by atoms with E-state index < -0.39 is 0 Å². The number of hydrogen-bond acceptors (Lipinski definition) is 3. The fraction of sp³-hybridized carbons (Fsp3) is 0.429. The zero-order valence-electron chi connectivity index (χ0n) is 6.96. The van der Waals surface area contributed by atoms with Gasteiger partial charge in [0.05, 0.1) is 6.42 Å². The van der Waals surface area contributed by atoms with Gasteiger partial charge in [0.15, 0.2) is 0 Å². The zero-order valence-corrected chi connectivity index (χ0v) is 6.96. The maximum atomic E-state index is 11.1. The fourth-order valence-electron chi connectivity index (χ4n) is 0.715. The molecule has 0 aliphatic heterocycles. The predicted octanol–water partition coefficient (Wildman–Crippen LogP) is -0.401. The average Bonchev–Trinajstić information content (AvgIpc) is 2.35. The maximum Gasteiger partial charge on any atom is 0.280 e. The monoisotopic (exact) mass is 170 g/mol. The van der Waals surface area contributed by atoms with Gasteiger partial charge in [0.25, 0.3) is 5.56 Å². The largest absolute Gasteiger partial charge is 0.383 e. The zero-order chi connectivity index (χ0) is 9.14. The van der Waals surface area contributed by atoms with E-state index in [0.717, 1.165) is 0 Å². The highest BCUT2D eigenvalue weighted by Crippen LogP contribution is 1.96. The maximum absolute atomic E-state index is 11.1. The highest BCUT2D eigenvalue weighted by molar-refractivity contribution is 5.77. The number of likely N-dealkylation sites (N-methyl/N-ethyl adjacent to an activating group) is 1. The summed E-state index contributed by atoms with van der Waals surface area (Å²) in [6.07, 6.45) is 0.117. The third-order valence-electron chi connectivity index (χ3n) is 1.40. The molecule has 0 saturated heterocycles. The summed E-state index contributed by atoms with van der Waals surface area (Å²) in [6, 6.07) is 1.27. The first kappa shape index (κ1) is 8.58. The van der Waals surface area contributed by atoms with Crippen molar-refractivity contribution in [2.75, 3.05) is 14.1 Å². The molecule has 0 unspecified atom stereocenters. The van der Waals surface area contributed by atoms with Gasteiger partial charge in [-0.3, -0.25) is 9.59 Å². The Balaban J connectivity index is 2.64. The van der Waals surface area contributed by atoms with E-state index in [1.165, 1.54) is 11.0 Å². The average molecular weight is 170 g/mol. The van der Waals surface area contributed by atoms with E-state index in [1.54, 1.807) is 14.1 Å². The molecule has 1 amide bonds. The Bertz CT molecular complexity index is 323. The standard InChI is InChI=1S/C7H10N2O3/c1-9(2)7(11)4-5-3-6(10)8-12-5/h3H,4H2,1-2H3,(H,8,10). The van der Waals surface area contributed by atoms with Gasteiger partial charge in [-0.2, -0.15) is 5.16 Å². The van der Waals surface area contributed by atoms with Crippen molar-refractivity contribution in [2.45, 2.75) is 6.42 Å². The van der Waals surface area contributed by atoms with Crippen LogP contribution in [0.15, 0.2) is 15.4 Å². The summed E-state index contributed by atoms with van der Waals surface area (Å²) in [7, 11) is 3.29. The van der Waals surface area contributed by atoms with E-state index in [-0.39, 0.29) is 17.9 Å². The van der Waals surface area contributed by atoms with Crippen LogP contribution in [0.2, 0.25) is 0 Å². The second-order valence-corrected chi connectivity index (χ2v) is 2.64. The molecule has 1 rings (SSSR count). The van der Waals surface area contributed by atoms with E-state index in [9.17, 15) is 9.59 Å². The summed E-state index contributed by atoms with van der Waals surface area (Å²) in [4.78, 5) is 23.1. The van der Waals surface area contributed by atoms with Crippen molar-refractivity contribution in [1.29, 1.82) is 0 Å². The van der Waals surface area contributed by atoms with Crippen molar-refractivity contribution in [2.24, 2.45) is 0 Å². The van der Waals surface area contributed by atoms with Crippen LogP contribution in [-0.4, -0.2) is 30.1 Å². The smallest absolute Gasteiger partial charge is 0.280 e. The van der Waals surface area contributed by atoms with Crippen LogP contribution in [-0.2, 0) is 11.2 Å². The number of rotatable bonds is 2. The lowest BCUT2D eigenvalue weighted by atomic mass is 10.3. The molecule has 5 nitrogen and oxygen atoms in total. The molecule has 0 aliphatic carbocycles. The lowest BCUT2D eigenvalue weighted by molar-refractivity contribution is -0.128. The van der Waals surface area contributed by atoms with Gasteiger partial charge in [0.1, 0.15) is 5.76 Å². The van der Waals surface area contributed by atoms with Gasteiger partial charge in [0.2, 0.25) is 5.91 Å².